The Hall–Kier alpha value is -2.18. The zero-order valence-corrected chi connectivity index (χ0v) is 17.9. The van der Waals surface area contributed by atoms with Crippen LogP contribution in [0.4, 0.5) is 0 Å². The highest BCUT2D eigenvalue weighted by molar-refractivity contribution is 5.91. The molecule has 1 aromatic heterocycles. The van der Waals surface area contributed by atoms with Crippen molar-refractivity contribution in [3.8, 4) is 0 Å². The average molecular weight is 408 g/mol. The number of ketones is 1. The lowest BCUT2D eigenvalue weighted by atomic mass is 9.95. The molecule has 0 fully saturated rings. The molecule has 3 N–H and O–H groups in total. The first kappa shape index (κ1) is 24.9. The van der Waals surface area contributed by atoms with E-state index in [0.717, 1.165) is 19.3 Å². The van der Waals surface area contributed by atoms with Crippen molar-refractivity contribution in [2.45, 2.75) is 96.9 Å². The SMILES string of the molecule is CCCCCCCCCCCC(=O)NC(C)C(=O)CC(Cc1cnc[nH]1)C(=O)O. The Bertz CT molecular complexity index is 601. The van der Waals surface area contributed by atoms with Gasteiger partial charge in [-0.15, -0.1) is 0 Å². The molecule has 0 saturated heterocycles. The van der Waals surface area contributed by atoms with Crippen LogP contribution in [0.25, 0.3) is 0 Å². The van der Waals surface area contributed by atoms with Crippen LogP contribution in [0.5, 0.6) is 0 Å². The van der Waals surface area contributed by atoms with Crippen LogP contribution in [-0.4, -0.2) is 38.8 Å². The lowest BCUT2D eigenvalue weighted by Crippen LogP contribution is -2.39. The summed E-state index contributed by atoms with van der Waals surface area (Å²) in [6, 6.07) is -0.676. The van der Waals surface area contributed by atoms with Gasteiger partial charge in [-0.1, -0.05) is 58.3 Å². The molecular formula is C22H37N3O4. The van der Waals surface area contributed by atoms with Gasteiger partial charge in [-0.3, -0.25) is 14.4 Å². The fourth-order valence-electron chi connectivity index (χ4n) is 3.32. The predicted octanol–water partition coefficient (Wildman–Crippen LogP) is 4.04. The summed E-state index contributed by atoms with van der Waals surface area (Å²) in [5, 5.41) is 12.1. The molecule has 2 unspecified atom stereocenters. The lowest BCUT2D eigenvalue weighted by Gasteiger charge is -2.16. The maximum Gasteiger partial charge on any atom is 0.307 e. The minimum Gasteiger partial charge on any atom is -0.481 e. The number of aromatic nitrogens is 2. The first-order valence-electron chi connectivity index (χ1n) is 11.0. The highest BCUT2D eigenvalue weighted by atomic mass is 16.4. The molecule has 2 atom stereocenters. The van der Waals surface area contributed by atoms with Crippen molar-refractivity contribution in [1.82, 2.24) is 15.3 Å². The number of nitrogens with zero attached hydrogens (tertiary/aromatic N) is 1. The number of H-pyrrole nitrogens is 1. The van der Waals surface area contributed by atoms with E-state index < -0.39 is 17.9 Å². The monoisotopic (exact) mass is 407 g/mol. The molecule has 0 aromatic carbocycles. The van der Waals surface area contributed by atoms with Gasteiger partial charge in [0.05, 0.1) is 18.3 Å². The van der Waals surface area contributed by atoms with Gasteiger partial charge in [0, 0.05) is 31.2 Å². The predicted molar refractivity (Wildman–Crippen MR) is 112 cm³/mol. The molecule has 0 spiro atoms. The first-order chi connectivity index (χ1) is 13.9. The van der Waals surface area contributed by atoms with Gasteiger partial charge in [0.2, 0.25) is 5.91 Å². The molecule has 1 amide bonds. The fraction of sp³-hybridized carbons (Fsp3) is 0.727. The number of amides is 1. The summed E-state index contributed by atoms with van der Waals surface area (Å²) < 4.78 is 0. The molecule has 1 aromatic rings. The molecule has 0 aliphatic carbocycles. The summed E-state index contributed by atoms with van der Waals surface area (Å²) >= 11 is 0. The van der Waals surface area contributed by atoms with Gasteiger partial charge in [0.25, 0.3) is 0 Å². The van der Waals surface area contributed by atoms with E-state index >= 15 is 0 Å². The van der Waals surface area contributed by atoms with Crippen LogP contribution in [0.15, 0.2) is 12.5 Å². The second-order valence-corrected chi connectivity index (χ2v) is 7.85. The van der Waals surface area contributed by atoms with E-state index in [-0.39, 0.29) is 24.5 Å². The molecule has 7 nitrogen and oxygen atoms in total. The van der Waals surface area contributed by atoms with Crippen LogP contribution >= 0.6 is 0 Å². The standard InChI is InChI=1S/C22H37N3O4/c1-3-4-5-6-7-8-9-10-11-12-21(27)25-17(2)20(26)14-18(22(28)29)13-19-15-23-16-24-19/h15-18H,3-14H2,1-2H3,(H,23,24)(H,25,27)(H,28,29). The Labute approximate surface area is 174 Å². The Kier molecular flexibility index (Phi) is 12.7. The van der Waals surface area contributed by atoms with Crippen molar-refractivity contribution >= 4 is 17.7 Å². The molecule has 0 aliphatic heterocycles. The normalized spacial score (nSPS) is 13.0. The summed E-state index contributed by atoms with van der Waals surface area (Å²) in [6.07, 6.45) is 14.2. The van der Waals surface area contributed by atoms with Crippen LogP contribution < -0.4 is 5.32 Å². The minimum atomic E-state index is -1.03. The Balaban J connectivity index is 2.20. The van der Waals surface area contributed by atoms with E-state index in [1.165, 1.54) is 44.9 Å². The Morgan fingerprint density at radius 1 is 1.07 bits per heavy atom. The largest absolute Gasteiger partial charge is 0.481 e. The van der Waals surface area contributed by atoms with Crippen molar-refractivity contribution in [3.05, 3.63) is 18.2 Å². The second-order valence-electron chi connectivity index (χ2n) is 7.85. The number of rotatable bonds is 17. The number of imidazole rings is 1. The van der Waals surface area contributed by atoms with Crippen LogP contribution in [-0.2, 0) is 20.8 Å². The van der Waals surface area contributed by atoms with Crippen molar-refractivity contribution in [3.63, 3.8) is 0 Å². The van der Waals surface area contributed by atoms with Crippen LogP contribution in [0, 0.1) is 5.92 Å². The van der Waals surface area contributed by atoms with E-state index in [9.17, 15) is 19.5 Å². The molecule has 164 valence electrons. The number of carbonyl (C=O) groups excluding carboxylic acids is 2. The van der Waals surface area contributed by atoms with Crippen molar-refractivity contribution < 1.29 is 19.5 Å². The molecule has 1 rings (SSSR count). The van der Waals surface area contributed by atoms with Crippen LogP contribution in [0.1, 0.15) is 90.2 Å². The third kappa shape index (κ3) is 11.4. The number of aliphatic carboxylic acids is 1. The number of nitrogens with one attached hydrogen (secondary N) is 2. The molecule has 7 heteroatoms. The van der Waals surface area contributed by atoms with Gasteiger partial charge in [-0.2, -0.15) is 0 Å². The van der Waals surface area contributed by atoms with Crippen molar-refractivity contribution in [1.29, 1.82) is 0 Å². The van der Waals surface area contributed by atoms with Crippen molar-refractivity contribution in [2.75, 3.05) is 0 Å². The number of hydrogen-bond donors (Lipinski definition) is 3. The van der Waals surface area contributed by atoms with Gasteiger partial charge in [-0.25, -0.2) is 4.98 Å². The number of Topliss-reactive ketones (excluding diaryl/α,β-unsaturated/α-hetero) is 1. The molecule has 0 saturated carbocycles. The van der Waals surface area contributed by atoms with Gasteiger partial charge in [-0.05, 0) is 13.3 Å². The number of carboxylic acids is 1. The molecular weight excluding hydrogens is 370 g/mol. The number of carboxylic acid groups (broad SMARTS) is 1. The number of aromatic amines is 1. The topological polar surface area (TPSA) is 112 Å². The number of hydrogen-bond acceptors (Lipinski definition) is 4. The molecule has 0 aliphatic rings. The Morgan fingerprint density at radius 2 is 1.69 bits per heavy atom. The van der Waals surface area contributed by atoms with E-state index in [1.807, 2.05) is 0 Å². The third-order valence-electron chi connectivity index (χ3n) is 5.19. The molecule has 0 bridgehead atoms. The van der Waals surface area contributed by atoms with Gasteiger partial charge in [0.15, 0.2) is 5.78 Å². The minimum absolute atomic E-state index is 0.117. The van der Waals surface area contributed by atoms with Crippen LogP contribution in [0.2, 0.25) is 0 Å². The summed E-state index contributed by atoms with van der Waals surface area (Å²) in [6.45, 7) is 3.83. The zero-order chi connectivity index (χ0) is 21.5. The highest BCUT2D eigenvalue weighted by Crippen LogP contribution is 2.13. The smallest absolute Gasteiger partial charge is 0.307 e. The quantitative estimate of drug-likeness (QED) is 0.337. The third-order valence-corrected chi connectivity index (χ3v) is 5.19. The average Bonchev–Trinajstić information content (AvgIpc) is 3.19. The van der Waals surface area contributed by atoms with E-state index in [1.54, 1.807) is 13.1 Å². The van der Waals surface area contributed by atoms with Crippen LogP contribution in [0.3, 0.4) is 0 Å². The van der Waals surface area contributed by atoms with Gasteiger partial charge < -0.3 is 15.4 Å². The highest BCUT2D eigenvalue weighted by Gasteiger charge is 2.25. The molecule has 1 heterocycles. The van der Waals surface area contributed by atoms with Gasteiger partial charge in [0.1, 0.15) is 0 Å². The zero-order valence-electron chi connectivity index (χ0n) is 17.9. The van der Waals surface area contributed by atoms with E-state index in [4.69, 9.17) is 0 Å². The summed E-state index contributed by atoms with van der Waals surface area (Å²) in [7, 11) is 0. The Morgan fingerprint density at radius 3 is 2.24 bits per heavy atom. The maximum atomic E-state index is 12.3. The van der Waals surface area contributed by atoms with E-state index in [2.05, 4.69) is 22.2 Å². The lowest BCUT2D eigenvalue weighted by molar-refractivity contribution is -0.144. The van der Waals surface area contributed by atoms with Gasteiger partial charge >= 0.3 is 5.97 Å². The van der Waals surface area contributed by atoms with Crippen molar-refractivity contribution in [2.24, 2.45) is 5.92 Å². The number of unbranched alkanes of at least 4 members (excludes halogenated alkanes) is 8. The summed E-state index contributed by atoms with van der Waals surface area (Å²) in [5.41, 5.74) is 0.673. The molecule has 29 heavy (non-hydrogen) atoms. The van der Waals surface area contributed by atoms with E-state index in [0.29, 0.717) is 12.1 Å². The summed E-state index contributed by atoms with van der Waals surface area (Å²) in [4.78, 5) is 42.5. The first-order valence-corrected chi connectivity index (χ1v) is 11.0. The number of carbonyl (C=O) groups is 3. The maximum absolute atomic E-state index is 12.3. The summed E-state index contributed by atoms with van der Waals surface area (Å²) in [5.74, 6) is -2.27. The second kappa shape index (κ2) is 14.8. The fourth-order valence-corrected chi connectivity index (χ4v) is 3.32. The molecule has 0 radical (unpaired) electrons.